The number of rotatable bonds is 6. The molecule has 1 fully saturated rings. The lowest BCUT2D eigenvalue weighted by atomic mass is 10.1. The fourth-order valence-electron chi connectivity index (χ4n) is 4.01. The topological polar surface area (TPSA) is 51.5 Å². The molecular formula is C22H30N2O3. The maximum absolute atomic E-state index is 12.8. The van der Waals surface area contributed by atoms with Gasteiger partial charge < -0.3 is 14.2 Å². The number of likely N-dealkylation sites (tertiary alicyclic amines) is 1. The summed E-state index contributed by atoms with van der Waals surface area (Å²) in [7, 11) is 2.12. The largest absolute Gasteiger partial charge is 0.459 e. The van der Waals surface area contributed by atoms with Gasteiger partial charge in [-0.05, 0) is 51.8 Å². The van der Waals surface area contributed by atoms with E-state index in [0.717, 1.165) is 30.3 Å². The normalized spacial score (nSPS) is 18.9. The van der Waals surface area contributed by atoms with E-state index in [1.165, 1.54) is 12.5 Å². The molecule has 1 aromatic carbocycles. The summed E-state index contributed by atoms with van der Waals surface area (Å²) in [4.78, 5) is 27.8. The van der Waals surface area contributed by atoms with Crippen molar-refractivity contribution < 1.29 is 9.53 Å². The maximum atomic E-state index is 12.8. The van der Waals surface area contributed by atoms with Gasteiger partial charge in [-0.15, -0.1) is 0 Å². The Balaban J connectivity index is 1.85. The number of pyridine rings is 1. The van der Waals surface area contributed by atoms with Crippen molar-refractivity contribution >= 4 is 16.9 Å². The second-order valence-electron chi connectivity index (χ2n) is 8.15. The van der Waals surface area contributed by atoms with Crippen molar-refractivity contribution in [2.75, 3.05) is 13.6 Å². The van der Waals surface area contributed by atoms with Gasteiger partial charge in [0, 0.05) is 24.0 Å². The maximum Gasteiger partial charge on any atom is 0.339 e. The molecule has 0 radical (unpaired) electrons. The Bertz CT molecular complexity index is 871. The smallest absolute Gasteiger partial charge is 0.339 e. The van der Waals surface area contributed by atoms with Crippen LogP contribution in [-0.2, 0) is 11.3 Å². The molecule has 2 unspecified atom stereocenters. The molecule has 0 aliphatic carbocycles. The fraction of sp³-hybridized carbons (Fsp3) is 0.545. The molecule has 1 saturated heterocycles. The molecule has 0 saturated carbocycles. The number of esters is 1. The predicted octanol–water partition coefficient (Wildman–Crippen LogP) is 3.69. The van der Waals surface area contributed by atoms with Gasteiger partial charge in [-0.2, -0.15) is 0 Å². The molecular weight excluding hydrogens is 340 g/mol. The number of nitrogens with zero attached hydrogens (tertiary/aromatic N) is 2. The minimum absolute atomic E-state index is 0.155. The van der Waals surface area contributed by atoms with Crippen LogP contribution >= 0.6 is 0 Å². The number of carbonyl (C=O) groups is 1. The third kappa shape index (κ3) is 4.41. The first-order valence-corrected chi connectivity index (χ1v) is 9.90. The van der Waals surface area contributed by atoms with Crippen LogP contribution in [0.1, 0.15) is 50.4 Å². The third-order valence-electron chi connectivity index (χ3n) is 5.37. The van der Waals surface area contributed by atoms with Crippen LogP contribution in [-0.4, -0.2) is 41.2 Å². The van der Waals surface area contributed by atoms with Crippen molar-refractivity contribution in [2.24, 2.45) is 5.92 Å². The van der Waals surface area contributed by atoms with Crippen molar-refractivity contribution in [2.45, 2.75) is 58.7 Å². The summed E-state index contributed by atoms with van der Waals surface area (Å²) < 4.78 is 7.46. The summed E-state index contributed by atoms with van der Waals surface area (Å²) in [5.74, 6) is -0.0690. The average molecular weight is 370 g/mol. The first-order valence-electron chi connectivity index (χ1n) is 9.90. The molecule has 0 bridgehead atoms. The molecule has 146 valence electrons. The second-order valence-corrected chi connectivity index (χ2v) is 8.15. The van der Waals surface area contributed by atoms with E-state index < -0.39 is 5.97 Å². The molecule has 27 heavy (non-hydrogen) atoms. The Labute approximate surface area is 160 Å². The van der Waals surface area contributed by atoms with Gasteiger partial charge in [0.15, 0.2) is 0 Å². The van der Waals surface area contributed by atoms with Gasteiger partial charge in [0.25, 0.3) is 5.56 Å². The number of para-hydroxylation sites is 1. The Morgan fingerprint density at radius 3 is 2.67 bits per heavy atom. The first-order chi connectivity index (χ1) is 12.9. The molecule has 5 nitrogen and oxygen atoms in total. The molecule has 2 aromatic rings. The highest BCUT2D eigenvalue weighted by atomic mass is 16.5. The van der Waals surface area contributed by atoms with E-state index in [0.29, 0.717) is 24.1 Å². The van der Waals surface area contributed by atoms with Crippen LogP contribution in [0.3, 0.4) is 0 Å². The summed E-state index contributed by atoms with van der Waals surface area (Å²) in [6.07, 6.45) is 2.98. The van der Waals surface area contributed by atoms with Gasteiger partial charge in [-0.3, -0.25) is 4.79 Å². The van der Waals surface area contributed by atoms with Crippen LogP contribution in [0.25, 0.3) is 10.9 Å². The molecule has 1 aliphatic rings. The quantitative estimate of drug-likeness (QED) is 0.728. The molecule has 1 aromatic heterocycles. The van der Waals surface area contributed by atoms with E-state index in [1.54, 1.807) is 4.57 Å². The molecule has 0 amide bonds. The van der Waals surface area contributed by atoms with Crippen LogP contribution in [0, 0.1) is 5.92 Å². The van der Waals surface area contributed by atoms with E-state index in [1.807, 2.05) is 31.2 Å². The Morgan fingerprint density at radius 2 is 2.00 bits per heavy atom. The van der Waals surface area contributed by atoms with Crippen molar-refractivity contribution in [1.29, 1.82) is 0 Å². The van der Waals surface area contributed by atoms with Crippen LogP contribution < -0.4 is 5.56 Å². The van der Waals surface area contributed by atoms with E-state index in [-0.39, 0.29) is 11.7 Å². The monoisotopic (exact) mass is 370 g/mol. The minimum Gasteiger partial charge on any atom is -0.459 e. The van der Waals surface area contributed by atoms with Gasteiger partial charge in [0.2, 0.25) is 0 Å². The zero-order valence-electron chi connectivity index (χ0n) is 16.8. The average Bonchev–Trinajstić information content (AvgIpc) is 3.01. The number of benzene rings is 1. The number of hydrogen-bond donors (Lipinski definition) is 0. The summed E-state index contributed by atoms with van der Waals surface area (Å²) in [5.41, 5.74) is 0.994. The lowest BCUT2D eigenvalue weighted by molar-refractivity contribution is 0.0280. The molecule has 3 rings (SSSR count). The van der Waals surface area contributed by atoms with Gasteiger partial charge in [-0.25, -0.2) is 4.79 Å². The van der Waals surface area contributed by atoms with Crippen molar-refractivity contribution in [3.8, 4) is 0 Å². The molecule has 0 spiro atoms. The van der Waals surface area contributed by atoms with Gasteiger partial charge in [-0.1, -0.05) is 32.0 Å². The highest BCUT2D eigenvalue weighted by Crippen LogP contribution is 2.23. The fourth-order valence-corrected chi connectivity index (χ4v) is 4.01. The SMILES string of the molecule is CC(C)Cn1c(=O)cc(C(=O)OC(C)CC2CCCN2C)c2ccccc21. The van der Waals surface area contributed by atoms with Gasteiger partial charge in [0.05, 0.1) is 11.1 Å². The van der Waals surface area contributed by atoms with Crippen molar-refractivity contribution in [1.82, 2.24) is 9.47 Å². The van der Waals surface area contributed by atoms with E-state index in [9.17, 15) is 9.59 Å². The Kier molecular flexibility index (Phi) is 6.00. The van der Waals surface area contributed by atoms with Crippen LogP contribution in [0.5, 0.6) is 0 Å². The summed E-state index contributed by atoms with van der Waals surface area (Å²) >= 11 is 0. The van der Waals surface area contributed by atoms with E-state index in [4.69, 9.17) is 4.74 Å². The number of aromatic nitrogens is 1. The molecule has 2 heterocycles. The first kappa shape index (κ1) is 19.6. The van der Waals surface area contributed by atoms with Crippen molar-refractivity contribution in [3.05, 3.63) is 46.2 Å². The molecule has 2 atom stereocenters. The lowest BCUT2D eigenvalue weighted by Gasteiger charge is -2.23. The van der Waals surface area contributed by atoms with E-state index in [2.05, 4.69) is 25.8 Å². The second kappa shape index (κ2) is 8.26. The summed E-state index contributed by atoms with van der Waals surface area (Å²) in [6, 6.07) is 9.46. The number of hydrogen-bond acceptors (Lipinski definition) is 4. The van der Waals surface area contributed by atoms with Gasteiger partial charge >= 0.3 is 5.97 Å². The van der Waals surface area contributed by atoms with Crippen molar-refractivity contribution in [3.63, 3.8) is 0 Å². The standard InChI is InChI=1S/C22H30N2O3/c1-15(2)14-24-20-10-6-5-9-18(20)19(13-21(24)25)22(26)27-16(3)12-17-8-7-11-23(17)4/h5-6,9-10,13,15-17H,7-8,11-12,14H2,1-4H3. The Hall–Kier alpha value is -2.14. The minimum atomic E-state index is -0.409. The van der Waals surface area contributed by atoms with E-state index >= 15 is 0 Å². The van der Waals surface area contributed by atoms with Crippen LogP contribution in [0.2, 0.25) is 0 Å². The summed E-state index contributed by atoms with van der Waals surface area (Å²) in [5, 5.41) is 0.771. The molecule has 5 heteroatoms. The zero-order chi connectivity index (χ0) is 19.6. The molecule has 0 N–H and O–H groups in total. The number of ether oxygens (including phenoxy) is 1. The van der Waals surface area contributed by atoms with Crippen LogP contribution in [0.15, 0.2) is 35.1 Å². The summed E-state index contributed by atoms with van der Waals surface area (Å²) in [6.45, 7) is 7.81. The Morgan fingerprint density at radius 1 is 1.26 bits per heavy atom. The highest BCUT2D eigenvalue weighted by molar-refractivity contribution is 6.03. The molecule has 1 aliphatic heterocycles. The predicted molar refractivity (Wildman–Crippen MR) is 108 cm³/mol. The zero-order valence-corrected chi connectivity index (χ0v) is 16.8. The van der Waals surface area contributed by atoms with Crippen LogP contribution in [0.4, 0.5) is 0 Å². The lowest BCUT2D eigenvalue weighted by Crippen LogP contribution is -2.30. The highest BCUT2D eigenvalue weighted by Gasteiger charge is 2.25. The number of carbonyl (C=O) groups excluding carboxylic acids is 1. The number of fused-ring (bicyclic) bond motifs is 1. The third-order valence-corrected chi connectivity index (χ3v) is 5.37. The van der Waals surface area contributed by atoms with Gasteiger partial charge in [0.1, 0.15) is 6.10 Å².